The Bertz CT molecular complexity index is 442. The van der Waals surface area contributed by atoms with Gasteiger partial charge in [0, 0.05) is 5.54 Å². The van der Waals surface area contributed by atoms with Gasteiger partial charge >= 0.3 is 0 Å². The molecule has 130 valence electrons. The second-order valence-corrected chi connectivity index (χ2v) is 7.52. The lowest BCUT2D eigenvalue weighted by atomic mass is 9.84. The van der Waals surface area contributed by atoms with Crippen molar-refractivity contribution in [3.05, 3.63) is 35.4 Å². The van der Waals surface area contributed by atoms with Gasteiger partial charge in [-0.05, 0) is 49.1 Å². The lowest BCUT2D eigenvalue weighted by Gasteiger charge is -2.29. The first-order chi connectivity index (χ1) is 11.2. The third-order valence-electron chi connectivity index (χ3n) is 5.63. The number of aliphatic hydroxyl groups is 1. The highest BCUT2D eigenvalue weighted by Crippen LogP contribution is 2.35. The van der Waals surface area contributed by atoms with Crippen LogP contribution in [0.1, 0.15) is 75.8 Å². The zero-order chi connectivity index (χ0) is 16.5. The normalized spacial score (nSPS) is 24.2. The van der Waals surface area contributed by atoms with Crippen molar-refractivity contribution >= 4 is 0 Å². The Morgan fingerprint density at radius 1 is 1.04 bits per heavy atom. The van der Waals surface area contributed by atoms with Crippen molar-refractivity contribution in [3.63, 3.8) is 0 Å². The standard InChI is InChI=1S/C21H35NO/c1-2-3-4-5-6-7-9-18-11-13-19(14-12-18)16-20-10-8-15-21(20,22)17-23/h11-14,20,23H,2-10,15-17,22H2,1H3/t20-,21+/m0/s1. The molecule has 2 rings (SSSR count). The molecule has 0 aromatic heterocycles. The van der Waals surface area contributed by atoms with Crippen molar-refractivity contribution in [2.75, 3.05) is 6.61 Å². The van der Waals surface area contributed by atoms with Crippen LogP contribution >= 0.6 is 0 Å². The van der Waals surface area contributed by atoms with Gasteiger partial charge < -0.3 is 10.8 Å². The van der Waals surface area contributed by atoms with Crippen LogP contribution in [0.15, 0.2) is 24.3 Å². The lowest BCUT2D eigenvalue weighted by molar-refractivity contribution is 0.160. The molecule has 3 N–H and O–H groups in total. The number of unbranched alkanes of at least 4 members (excludes halogenated alkanes) is 5. The number of nitrogens with two attached hydrogens (primary N) is 1. The highest BCUT2D eigenvalue weighted by Gasteiger charge is 2.38. The maximum Gasteiger partial charge on any atom is 0.0614 e. The number of aliphatic hydroxyl groups excluding tert-OH is 1. The molecular weight excluding hydrogens is 282 g/mol. The molecule has 0 heterocycles. The van der Waals surface area contributed by atoms with Crippen molar-refractivity contribution in [3.8, 4) is 0 Å². The molecule has 0 saturated heterocycles. The summed E-state index contributed by atoms with van der Waals surface area (Å²) in [5.74, 6) is 0.428. The first-order valence-electron chi connectivity index (χ1n) is 9.65. The van der Waals surface area contributed by atoms with E-state index in [9.17, 15) is 5.11 Å². The van der Waals surface area contributed by atoms with E-state index in [1.54, 1.807) is 0 Å². The van der Waals surface area contributed by atoms with Gasteiger partial charge in [-0.2, -0.15) is 0 Å². The minimum absolute atomic E-state index is 0.119. The molecule has 2 atom stereocenters. The zero-order valence-corrected chi connectivity index (χ0v) is 14.9. The van der Waals surface area contributed by atoms with Crippen LogP contribution < -0.4 is 5.73 Å². The van der Waals surface area contributed by atoms with E-state index < -0.39 is 0 Å². The molecule has 1 aliphatic carbocycles. The predicted octanol–water partition coefficient (Wildman–Crippen LogP) is 4.62. The lowest BCUT2D eigenvalue weighted by Crippen LogP contribution is -2.47. The molecule has 2 heteroatoms. The van der Waals surface area contributed by atoms with Gasteiger partial charge in [0.1, 0.15) is 0 Å². The minimum Gasteiger partial charge on any atom is -0.394 e. The summed E-state index contributed by atoms with van der Waals surface area (Å²) in [6, 6.07) is 9.10. The molecule has 1 saturated carbocycles. The van der Waals surface area contributed by atoms with Crippen LogP contribution in [0.2, 0.25) is 0 Å². The Hall–Kier alpha value is -0.860. The molecule has 23 heavy (non-hydrogen) atoms. The van der Waals surface area contributed by atoms with Crippen LogP contribution in [0.5, 0.6) is 0 Å². The maximum absolute atomic E-state index is 9.57. The molecular formula is C21H35NO. The van der Waals surface area contributed by atoms with E-state index >= 15 is 0 Å². The fourth-order valence-corrected chi connectivity index (χ4v) is 3.92. The molecule has 0 amide bonds. The van der Waals surface area contributed by atoms with Crippen molar-refractivity contribution in [1.82, 2.24) is 0 Å². The van der Waals surface area contributed by atoms with Crippen LogP contribution in [0, 0.1) is 5.92 Å². The highest BCUT2D eigenvalue weighted by molar-refractivity contribution is 5.24. The van der Waals surface area contributed by atoms with Gasteiger partial charge in [0.25, 0.3) is 0 Å². The number of benzene rings is 1. The number of rotatable bonds is 10. The quantitative estimate of drug-likeness (QED) is 0.618. The Kier molecular flexibility index (Phi) is 7.58. The summed E-state index contributed by atoms with van der Waals surface area (Å²) in [6.45, 7) is 2.39. The van der Waals surface area contributed by atoms with Crippen LogP contribution in [0.3, 0.4) is 0 Å². The molecule has 0 radical (unpaired) electrons. The average Bonchev–Trinajstić information content (AvgIpc) is 2.94. The first-order valence-corrected chi connectivity index (χ1v) is 9.65. The summed E-state index contributed by atoms with van der Waals surface area (Å²) in [4.78, 5) is 0. The molecule has 0 spiro atoms. The summed E-state index contributed by atoms with van der Waals surface area (Å²) in [6.07, 6.45) is 13.6. The van der Waals surface area contributed by atoms with Gasteiger partial charge in [0.05, 0.1) is 6.61 Å². The summed E-state index contributed by atoms with van der Waals surface area (Å²) in [5.41, 5.74) is 8.82. The Balaban J connectivity index is 1.74. The first kappa shape index (κ1) is 18.5. The van der Waals surface area contributed by atoms with Crippen molar-refractivity contribution in [2.45, 2.75) is 83.1 Å². The van der Waals surface area contributed by atoms with Gasteiger partial charge in [-0.25, -0.2) is 0 Å². The smallest absolute Gasteiger partial charge is 0.0614 e. The van der Waals surface area contributed by atoms with Gasteiger partial charge in [-0.15, -0.1) is 0 Å². The van der Waals surface area contributed by atoms with Crippen molar-refractivity contribution in [1.29, 1.82) is 0 Å². The summed E-state index contributed by atoms with van der Waals surface area (Å²) >= 11 is 0. The molecule has 0 bridgehead atoms. The molecule has 1 aliphatic rings. The molecule has 1 aromatic rings. The van der Waals surface area contributed by atoms with E-state index in [4.69, 9.17) is 5.73 Å². The van der Waals surface area contributed by atoms with Crippen molar-refractivity contribution in [2.24, 2.45) is 11.7 Å². The second-order valence-electron chi connectivity index (χ2n) is 7.52. The largest absolute Gasteiger partial charge is 0.394 e. The van der Waals surface area contributed by atoms with E-state index in [1.807, 2.05) is 0 Å². The Labute approximate surface area is 142 Å². The number of aryl methyl sites for hydroxylation is 1. The third-order valence-corrected chi connectivity index (χ3v) is 5.63. The number of hydrogen-bond donors (Lipinski definition) is 2. The fourth-order valence-electron chi connectivity index (χ4n) is 3.92. The summed E-state index contributed by atoms with van der Waals surface area (Å²) in [7, 11) is 0. The average molecular weight is 318 g/mol. The van der Waals surface area contributed by atoms with Crippen LogP contribution in [-0.4, -0.2) is 17.3 Å². The second kappa shape index (κ2) is 9.44. The van der Waals surface area contributed by atoms with Crippen LogP contribution in [0.4, 0.5) is 0 Å². The SMILES string of the molecule is CCCCCCCCc1ccc(C[C@@H]2CCC[C@@]2(N)CO)cc1. The monoisotopic (exact) mass is 317 g/mol. The van der Waals surface area contributed by atoms with Gasteiger partial charge in [-0.1, -0.05) is 69.7 Å². The van der Waals surface area contributed by atoms with Gasteiger partial charge in [0.2, 0.25) is 0 Å². The third kappa shape index (κ3) is 5.61. The topological polar surface area (TPSA) is 46.2 Å². The van der Waals surface area contributed by atoms with E-state index in [1.165, 1.54) is 56.1 Å². The predicted molar refractivity (Wildman–Crippen MR) is 98.6 cm³/mol. The maximum atomic E-state index is 9.57. The van der Waals surface area contributed by atoms with E-state index in [-0.39, 0.29) is 12.1 Å². The Morgan fingerprint density at radius 3 is 2.39 bits per heavy atom. The van der Waals surface area contributed by atoms with E-state index in [2.05, 4.69) is 31.2 Å². The summed E-state index contributed by atoms with van der Waals surface area (Å²) in [5, 5.41) is 9.57. The minimum atomic E-state index is -0.350. The van der Waals surface area contributed by atoms with Crippen molar-refractivity contribution < 1.29 is 5.11 Å². The van der Waals surface area contributed by atoms with Gasteiger partial charge in [0.15, 0.2) is 0 Å². The van der Waals surface area contributed by atoms with Crippen LogP contribution in [0.25, 0.3) is 0 Å². The molecule has 2 nitrogen and oxygen atoms in total. The van der Waals surface area contributed by atoms with E-state index in [0.29, 0.717) is 5.92 Å². The molecule has 1 fully saturated rings. The Morgan fingerprint density at radius 2 is 1.70 bits per heavy atom. The zero-order valence-electron chi connectivity index (χ0n) is 14.9. The highest BCUT2D eigenvalue weighted by atomic mass is 16.3. The van der Waals surface area contributed by atoms with E-state index in [0.717, 1.165) is 25.7 Å². The molecule has 0 unspecified atom stereocenters. The number of hydrogen-bond acceptors (Lipinski definition) is 2. The fraction of sp³-hybridized carbons (Fsp3) is 0.714. The molecule has 1 aromatic carbocycles. The molecule has 0 aliphatic heterocycles. The summed E-state index contributed by atoms with van der Waals surface area (Å²) < 4.78 is 0. The van der Waals surface area contributed by atoms with Crippen LogP contribution in [-0.2, 0) is 12.8 Å². The van der Waals surface area contributed by atoms with Gasteiger partial charge in [-0.3, -0.25) is 0 Å².